The molecule has 1 N–H and O–H groups in total. The average molecular weight is 301 g/mol. The monoisotopic (exact) mass is 300 g/mol. The Morgan fingerprint density at radius 2 is 2.25 bits per heavy atom. The summed E-state index contributed by atoms with van der Waals surface area (Å²) in [6.07, 6.45) is 0. The van der Waals surface area contributed by atoms with Crippen molar-refractivity contribution >= 4 is 27.7 Å². The molecule has 0 spiro atoms. The molecule has 0 bridgehead atoms. The molecule has 0 saturated carbocycles. The lowest BCUT2D eigenvalue weighted by atomic mass is 10.2. The number of halogens is 1. The number of nitrogens with zero attached hydrogens (tertiary/aromatic N) is 2. The molecule has 2 rings (SSSR count). The molecule has 0 atom stereocenters. The SMILES string of the molecule is OCCSc1nnc(-c2cccc(Br)c2)o1. The van der Waals surface area contributed by atoms with Crippen LogP contribution in [0.4, 0.5) is 0 Å². The number of hydrogen-bond acceptors (Lipinski definition) is 5. The Hall–Kier alpha value is -0.850. The first-order chi connectivity index (χ1) is 7.79. The molecule has 0 radical (unpaired) electrons. The number of aliphatic hydroxyl groups excluding tert-OH is 1. The molecule has 0 amide bonds. The third kappa shape index (κ3) is 2.84. The van der Waals surface area contributed by atoms with E-state index < -0.39 is 0 Å². The van der Waals surface area contributed by atoms with Crippen LogP contribution in [0.2, 0.25) is 0 Å². The van der Waals surface area contributed by atoms with Gasteiger partial charge in [-0.25, -0.2) is 0 Å². The van der Waals surface area contributed by atoms with Gasteiger partial charge in [-0.3, -0.25) is 0 Å². The third-order valence-electron chi connectivity index (χ3n) is 1.79. The molecule has 0 saturated heterocycles. The van der Waals surface area contributed by atoms with Gasteiger partial charge in [0.2, 0.25) is 5.89 Å². The molecule has 0 aliphatic rings. The normalized spacial score (nSPS) is 10.6. The van der Waals surface area contributed by atoms with Crippen LogP contribution in [-0.2, 0) is 0 Å². The van der Waals surface area contributed by atoms with E-state index in [4.69, 9.17) is 9.52 Å². The topological polar surface area (TPSA) is 59.2 Å². The Bertz CT molecular complexity index is 475. The molecule has 2 aromatic rings. The number of rotatable bonds is 4. The second-order valence-corrected chi connectivity index (χ2v) is 4.92. The van der Waals surface area contributed by atoms with Crippen molar-refractivity contribution in [3.8, 4) is 11.5 Å². The summed E-state index contributed by atoms with van der Waals surface area (Å²) in [5, 5.41) is 17.0. The summed E-state index contributed by atoms with van der Waals surface area (Å²) < 4.78 is 6.40. The van der Waals surface area contributed by atoms with Crippen molar-refractivity contribution in [1.29, 1.82) is 0 Å². The minimum Gasteiger partial charge on any atom is -0.411 e. The lowest BCUT2D eigenvalue weighted by Gasteiger charge is -1.94. The zero-order valence-electron chi connectivity index (χ0n) is 8.26. The van der Waals surface area contributed by atoms with Gasteiger partial charge in [0.25, 0.3) is 5.22 Å². The Balaban J connectivity index is 2.18. The Morgan fingerprint density at radius 1 is 1.38 bits per heavy atom. The largest absolute Gasteiger partial charge is 0.411 e. The molecule has 0 aliphatic carbocycles. The summed E-state index contributed by atoms with van der Waals surface area (Å²) in [5.74, 6) is 1.04. The van der Waals surface area contributed by atoms with Crippen LogP contribution in [0.5, 0.6) is 0 Å². The summed E-state index contributed by atoms with van der Waals surface area (Å²) in [6.45, 7) is 0.0965. The van der Waals surface area contributed by atoms with Gasteiger partial charge in [-0.2, -0.15) is 0 Å². The predicted molar refractivity (Wildman–Crippen MR) is 65.2 cm³/mol. The van der Waals surface area contributed by atoms with Gasteiger partial charge in [-0.05, 0) is 18.2 Å². The van der Waals surface area contributed by atoms with Gasteiger partial charge in [0.15, 0.2) is 0 Å². The van der Waals surface area contributed by atoms with E-state index in [0.717, 1.165) is 10.0 Å². The van der Waals surface area contributed by atoms with Gasteiger partial charge in [0.05, 0.1) is 6.61 Å². The van der Waals surface area contributed by atoms with Crippen LogP contribution in [-0.4, -0.2) is 27.7 Å². The highest BCUT2D eigenvalue weighted by molar-refractivity contribution is 9.10. The first-order valence-electron chi connectivity index (χ1n) is 4.62. The summed E-state index contributed by atoms with van der Waals surface area (Å²) in [4.78, 5) is 0. The lowest BCUT2D eigenvalue weighted by Crippen LogP contribution is -1.84. The van der Waals surface area contributed by atoms with E-state index in [1.54, 1.807) is 0 Å². The fraction of sp³-hybridized carbons (Fsp3) is 0.200. The fourth-order valence-corrected chi connectivity index (χ4v) is 2.04. The molecule has 4 nitrogen and oxygen atoms in total. The standard InChI is InChI=1S/C10H9BrN2O2S/c11-8-3-1-2-7(6-8)9-12-13-10(15-9)16-5-4-14/h1-3,6,14H,4-5H2. The van der Waals surface area contributed by atoms with Crippen molar-refractivity contribution in [2.75, 3.05) is 12.4 Å². The van der Waals surface area contributed by atoms with E-state index in [9.17, 15) is 0 Å². The zero-order chi connectivity index (χ0) is 11.4. The van der Waals surface area contributed by atoms with E-state index in [-0.39, 0.29) is 6.61 Å². The second kappa shape index (κ2) is 5.47. The third-order valence-corrected chi connectivity index (χ3v) is 3.09. The van der Waals surface area contributed by atoms with Crippen LogP contribution in [0.15, 0.2) is 38.4 Å². The van der Waals surface area contributed by atoms with Crippen LogP contribution in [0, 0.1) is 0 Å². The minimum absolute atomic E-state index is 0.0965. The van der Waals surface area contributed by atoms with E-state index in [1.165, 1.54) is 11.8 Å². The van der Waals surface area contributed by atoms with Gasteiger partial charge in [0.1, 0.15) is 0 Å². The molecular formula is C10H9BrN2O2S. The Morgan fingerprint density at radius 3 is 3.00 bits per heavy atom. The zero-order valence-corrected chi connectivity index (χ0v) is 10.7. The van der Waals surface area contributed by atoms with Crippen molar-refractivity contribution in [2.24, 2.45) is 0 Å². The fourth-order valence-electron chi connectivity index (χ4n) is 1.14. The van der Waals surface area contributed by atoms with Crippen molar-refractivity contribution in [3.63, 3.8) is 0 Å². The molecule has 0 unspecified atom stereocenters. The maximum atomic E-state index is 8.67. The molecular weight excluding hydrogens is 292 g/mol. The first-order valence-corrected chi connectivity index (χ1v) is 6.40. The van der Waals surface area contributed by atoms with E-state index in [1.807, 2.05) is 24.3 Å². The number of aromatic nitrogens is 2. The minimum atomic E-state index is 0.0965. The molecule has 16 heavy (non-hydrogen) atoms. The van der Waals surface area contributed by atoms with Crippen LogP contribution in [0.1, 0.15) is 0 Å². The molecule has 0 fully saturated rings. The smallest absolute Gasteiger partial charge is 0.276 e. The van der Waals surface area contributed by atoms with Crippen molar-refractivity contribution in [2.45, 2.75) is 5.22 Å². The number of thioether (sulfide) groups is 1. The second-order valence-electron chi connectivity index (χ2n) is 2.96. The highest BCUT2D eigenvalue weighted by Crippen LogP contribution is 2.24. The van der Waals surface area contributed by atoms with Crippen molar-refractivity contribution < 1.29 is 9.52 Å². The van der Waals surface area contributed by atoms with Crippen LogP contribution in [0.25, 0.3) is 11.5 Å². The molecule has 1 aromatic carbocycles. The molecule has 1 heterocycles. The lowest BCUT2D eigenvalue weighted by molar-refractivity contribution is 0.322. The number of aliphatic hydroxyl groups is 1. The van der Waals surface area contributed by atoms with E-state index >= 15 is 0 Å². The highest BCUT2D eigenvalue weighted by Gasteiger charge is 2.08. The summed E-state index contributed by atoms with van der Waals surface area (Å²) in [5.41, 5.74) is 0.873. The van der Waals surface area contributed by atoms with Crippen molar-refractivity contribution in [3.05, 3.63) is 28.7 Å². The van der Waals surface area contributed by atoms with Gasteiger partial charge in [0, 0.05) is 15.8 Å². The van der Waals surface area contributed by atoms with Crippen LogP contribution >= 0.6 is 27.7 Å². The summed E-state index contributed by atoms with van der Waals surface area (Å²) in [7, 11) is 0. The van der Waals surface area contributed by atoms with E-state index in [0.29, 0.717) is 16.9 Å². The maximum Gasteiger partial charge on any atom is 0.276 e. The maximum absolute atomic E-state index is 8.67. The van der Waals surface area contributed by atoms with Crippen LogP contribution in [0.3, 0.4) is 0 Å². The highest BCUT2D eigenvalue weighted by atomic mass is 79.9. The van der Waals surface area contributed by atoms with E-state index in [2.05, 4.69) is 26.1 Å². The predicted octanol–water partition coefficient (Wildman–Crippen LogP) is 2.58. The molecule has 6 heteroatoms. The first kappa shape index (κ1) is 11.6. The average Bonchev–Trinajstić information content (AvgIpc) is 2.75. The van der Waals surface area contributed by atoms with Gasteiger partial charge >= 0.3 is 0 Å². The summed E-state index contributed by atoms with van der Waals surface area (Å²) in [6, 6.07) is 7.65. The quantitative estimate of drug-likeness (QED) is 0.880. The molecule has 1 aromatic heterocycles. The van der Waals surface area contributed by atoms with Gasteiger partial charge in [-0.1, -0.05) is 33.8 Å². The van der Waals surface area contributed by atoms with Crippen molar-refractivity contribution in [1.82, 2.24) is 10.2 Å². The molecule has 0 aliphatic heterocycles. The Kier molecular flexibility index (Phi) is 3.98. The summed E-state index contributed by atoms with van der Waals surface area (Å²) >= 11 is 4.72. The van der Waals surface area contributed by atoms with Crippen LogP contribution < -0.4 is 0 Å². The number of benzene rings is 1. The molecule has 84 valence electrons. The van der Waals surface area contributed by atoms with Gasteiger partial charge in [-0.15, -0.1) is 10.2 Å². The Labute approximate surface area is 105 Å². The van der Waals surface area contributed by atoms with Gasteiger partial charge < -0.3 is 9.52 Å². The number of hydrogen-bond donors (Lipinski definition) is 1.